The van der Waals surface area contributed by atoms with Crippen LogP contribution in [0, 0.1) is 13.8 Å². The predicted octanol–water partition coefficient (Wildman–Crippen LogP) is 5.26. The van der Waals surface area contributed by atoms with Crippen LogP contribution in [-0.4, -0.2) is 12.5 Å². The van der Waals surface area contributed by atoms with Gasteiger partial charge in [-0.05, 0) is 48.6 Å². The van der Waals surface area contributed by atoms with Gasteiger partial charge in [0, 0.05) is 18.0 Å². The van der Waals surface area contributed by atoms with E-state index < -0.39 is 0 Å². The molecule has 0 aliphatic rings. The van der Waals surface area contributed by atoms with Crippen LogP contribution in [0.5, 0.6) is 0 Å². The number of amides is 1. The fourth-order valence-electron chi connectivity index (χ4n) is 3.32. The molecule has 1 amide bonds. The Morgan fingerprint density at radius 3 is 1.96 bits per heavy atom. The van der Waals surface area contributed by atoms with Crippen LogP contribution < -0.4 is 5.32 Å². The van der Waals surface area contributed by atoms with Gasteiger partial charge in [-0.1, -0.05) is 72.8 Å². The van der Waals surface area contributed by atoms with E-state index in [1.54, 1.807) is 0 Å². The summed E-state index contributed by atoms with van der Waals surface area (Å²) in [6, 6.07) is 26.8. The Hall–Kier alpha value is -2.87. The van der Waals surface area contributed by atoms with Gasteiger partial charge in [0.2, 0.25) is 0 Å². The quantitative estimate of drug-likeness (QED) is 0.650. The molecular weight excluding hydrogens is 318 g/mol. The van der Waals surface area contributed by atoms with Gasteiger partial charge in [0.05, 0.1) is 0 Å². The lowest BCUT2D eigenvalue weighted by Crippen LogP contribution is -2.26. The Kier molecular flexibility index (Phi) is 5.85. The predicted molar refractivity (Wildman–Crippen MR) is 108 cm³/mol. The second-order valence-corrected chi connectivity index (χ2v) is 6.67. The van der Waals surface area contributed by atoms with Crippen molar-refractivity contribution in [2.75, 3.05) is 6.54 Å². The minimum atomic E-state index is 0.00562. The summed E-state index contributed by atoms with van der Waals surface area (Å²) >= 11 is 0. The Bertz CT molecular complexity index is 816. The average Bonchev–Trinajstić information content (AvgIpc) is 2.68. The Morgan fingerprint density at radius 1 is 0.808 bits per heavy atom. The zero-order valence-corrected chi connectivity index (χ0v) is 15.4. The van der Waals surface area contributed by atoms with Crippen molar-refractivity contribution in [1.29, 1.82) is 0 Å². The van der Waals surface area contributed by atoms with E-state index in [1.165, 1.54) is 11.1 Å². The third kappa shape index (κ3) is 4.20. The van der Waals surface area contributed by atoms with Gasteiger partial charge in [-0.2, -0.15) is 0 Å². The average molecular weight is 343 g/mol. The summed E-state index contributed by atoms with van der Waals surface area (Å²) in [4.78, 5) is 12.6. The Labute approximate surface area is 155 Å². The van der Waals surface area contributed by atoms with E-state index in [4.69, 9.17) is 0 Å². The monoisotopic (exact) mass is 343 g/mol. The van der Waals surface area contributed by atoms with Crippen molar-refractivity contribution in [2.24, 2.45) is 0 Å². The summed E-state index contributed by atoms with van der Waals surface area (Å²) in [5, 5.41) is 3.10. The van der Waals surface area contributed by atoms with E-state index in [-0.39, 0.29) is 11.8 Å². The fourth-order valence-corrected chi connectivity index (χ4v) is 3.32. The fraction of sp³-hybridized carbons (Fsp3) is 0.208. The molecule has 132 valence electrons. The largest absolute Gasteiger partial charge is 0.352 e. The smallest absolute Gasteiger partial charge is 0.251 e. The first kappa shape index (κ1) is 17.9. The Morgan fingerprint density at radius 2 is 1.38 bits per heavy atom. The second kappa shape index (κ2) is 8.48. The van der Waals surface area contributed by atoms with E-state index in [1.807, 2.05) is 44.2 Å². The molecule has 0 bridgehead atoms. The SMILES string of the molecule is Cc1cccc(C(=O)NCCC(c2ccccc2)c2ccccc2)c1C. The number of carbonyl (C=O) groups excluding carboxylic acids is 1. The van der Waals surface area contributed by atoms with Gasteiger partial charge < -0.3 is 5.32 Å². The van der Waals surface area contributed by atoms with Gasteiger partial charge in [-0.15, -0.1) is 0 Å². The number of hydrogen-bond donors (Lipinski definition) is 1. The zero-order chi connectivity index (χ0) is 18.4. The standard InChI is InChI=1S/C24H25NO/c1-18-10-9-15-22(19(18)2)24(26)25-17-16-23(20-11-5-3-6-12-20)21-13-7-4-8-14-21/h3-15,23H,16-17H2,1-2H3,(H,25,26). The molecule has 0 saturated heterocycles. The molecule has 26 heavy (non-hydrogen) atoms. The molecule has 0 aliphatic carbocycles. The molecule has 0 aromatic heterocycles. The molecule has 0 saturated carbocycles. The number of aryl methyl sites for hydroxylation is 1. The van der Waals surface area contributed by atoms with Crippen LogP contribution in [0.4, 0.5) is 0 Å². The lowest BCUT2D eigenvalue weighted by molar-refractivity contribution is 0.0952. The molecule has 0 atom stereocenters. The van der Waals surface area contributed by atoms with E-state index in [0.29, 0.717) is 6.54 Å². The zero-order valence-electron chi connectivity index (χ0n) is 15.4. The van der Waals surface area contributed by atoms with Gasteiger partial charge >= 0.3 is 0 Å². The molecule has 0 fully saturated rings. The van der Waals surface area contributed by atoms with Crippen LogP contribution in [0.1, 0.15) is 45.0 Å². The third-order valence-corrected chi connectivity index (χ3v) is 4.97. The minimum absolute atomic E-state index is 0.00562. The van der Waals surface area contributed by atoms with Crippen molar-refractivity contribution in [3.05, 3.63) is 107 Å². The molecule has 1 N–H and O–H groups in total. The number of benzene rings is 3. The summed E-state index contributed by atoms with van der Waals surface area (Å²) in [6.07, 6.45) is 0.866. The lowest BCUT2D eigenvalue weighted by atomic mass is 9.88. The molecule has 2 heteroatoms. The number of carbonyl (C=O) groups is 1. The van der Waals surface area contributed by atoms with Crippen LogP contribution in [0.15, 0.2) is 78.9 Å². The highest BCUT2D eigenvalue weighted by Crippen LogP contribution is 2.27. The summed E-state index contributed by atoms with van der Waals surface area (Å²) in [5.41, 5.74) is 5.51. The summed E-state index contributed by atoms with van der Waals surface area (Å²) in [6.45, 7) is 4.68. The number of hydrogen-bond acceptors (Lipinski definition) is 1. The molecule has 0 unspecified atom stereocenters. The molecule has 3 rings (SSSR count). The van der Waals surface area contributed by atoms with Gasteiger partial charge in [0.25, 0.3) is 5.91 Å². The first-order valence-corrected chi connectivity index (χ1v) is 9.11. The molecular formula is C24H25NO. The molecule has 2 nitrogen and oxygen atoms in total. The third-order valence-electron chi connectivity index (χ3n) is 4.97. The second-order valence-electron chi connectivity index (χ2n) is 6.67. The van der Waals surface area contributed by atoms with E-state index in [9.17, 15) is 4.79 Å². The first-order chi connectivity index (χ1) is 12.7. The van der Waals surface area contributed by atoms with Gasteiger partial charge in [0.15, 0.2) is 0 Å². The highest BCUT2D eigenvalue weighted by molar-refractivity contribution is 5.95. The molecule has 3 aromatic carbocycles. The molecule has 0 aliphatic heterocycles. The highest BCUT2D eigenvalue weighted by atomic mass is 16.1. The molecule has 0 spiro atoms. The lowest BCUT2D eigenvalue weighted by Gasteiger charge is -2.19. The van der Waals surface area contributed by atoms with Crippen LogP contribution in [0.2, 0.25) is 0 Å². The summed E-state index contributed by atoms with van der Waals surface area (Å²) in [7, 11) is 0. The van der Waals surface area contributed by atoms with Crippen molar-refractivity contribution < 1.29 is 4.79 Å². The van der Waals surface area contributed by atoms with Crippen molar-refractivity contribution in [2.45, 2.75) is 26.2 Å². The van der Waals surface area contributed by atoms with Crippen LogP contribution >= 0.6 is 0 Å². The van der Waals surface area contributed by atoms with E-state index >= 15 is 0 Å². The van der Waals surface area contributed by atoms with Gasteiger partial charge in [-0.3, -0.25) is 4.79 Å². The Balaban J connectivity index is 1.71. The molecule has 0 heterocycles. The maximum atomic E-state index is 12.6. The summed E-state index contributed by atoms with van der Waals surface area (Å²) in [5.74, 6) is 0.280. The van der Waals surface area contributed by atoms with E-state index in [0.717, 1.165) is 23.1 Å². The highest BCUT2D eigenvalue weighted by Gasteiger charge is 2.15. The van der Waals surface area contributed by atoms with Crippen LogP contribution in [0.25, 0.3) is 0 Å². The maximum Gasteiger partial charge on any atom is 0.251 e. The molecule has 3 aromatic rings. The number of rotatable bonds is 6. The van der Waals surface area contributed by atoms with Gasteiger partial charge in [0.1, 0.15) is 0 Å². The van der Waals surface area contributed by atoms with Crippen molar-refractivity contribution >= 4 is 5.91 Å². The first-order valence-electron chi connectivity index (χ1n) is 9.11. The van der Waals surface area contributed by atoms with Gasteiger partial charge in [-0.25, -0.2) is 0 Å². The van der Waals surface area contributed by atoms with Crippen LogP contribution in [0.3, 0.4) is 0 Å². The minimum Gasteiger partial charge on any atom is -0.352 e. The van der Waals surface area contributed by atoms with Crippen molar-refractivity contribution in [3.63, 3.8) is 0 Å². The number of nitrogens with one attached hydrogen (secondary N) is 1. The summed E-state index contributed by atoms with van der Waals surface area (Å²) < 4.78 is 0. The van der Waals surface area contributed by atoms with E-state index in [2.05, 4.69) is 53.8 Å². The molecule has 0 radical (unpaired) electrons. The topological polar surface area (TPSA) is 29.1 Å². The van der Waals surface area contributed by atoms with Crippen LogP contribution in [-0.2, 0) is 0 Å². The maximum absolute atomic E-state index is 12.6. The normalized spacial score (nSPS) is 10.7. The van der Waals surface area contributed by atoms with Crippen molar-refractivity contribution in [1.82, 2.24) is 5.32 Å². The van der Waals surface area contributed by atoms with Crippen molar-refractivity contribution in [3.8, 4) is 0 Å².